The summed E-state index contributed by atoms with van der Waals surface area (Å²) in [5.41, 5.74) is 5.28. The molecule has 1 heterocycles. The Balaban J connectivity index is 3.12. The van der Waals surface area contributed by atoms with E-state index in [0.29, 0.717) is 5.76 Å². The Labute approximate surface area is 62.2 Å². The number of hydrogen-bond acceptors (Lipinski definition) is 4. The highest BCUT2D eigenvalue weighted by Gasteiger charge is 2.10. The molecule has 52 valence electrons. The van der Waals surface area contributed by atoms with Crippen molar-refractivity contribution in [3.63, 3.8) is 0 Å². The molecule has 10 heavy (non-hydrogen) atoms. The van der Waals surface area contributed by atoms with E-state index < -0.39 is 0 Å². The minimum atomic E-state index is 0.0853. The number of rotatable bonds is 1. The summed E-state index contributed by atoms with van der Waals surface area (Å²) in [5, 5.41) is 11.9. The number of hydrogen-bond donors (Lipinski definition) is 1. The summed E-state index contributed by atoms with van der Waals surface area (Å²) in [6, 6.07) is 1.76. The van der Waals surface area contributed by atoms with Crippen LogP contribution < -0.4 is 5.73 Å². The summed E-state index contributed by atoms with van der Waals surface area (Å²) in [7, 11) is 0. The van der Waals surface area contributed by atoms with Crippen LogP contribution in [0.3, 0.4) is 0 Å². The van der Waals surface area contributed by atoms with Gasteiger partial charge in [-0.1, -0.05) is 16.8 Å². The van der Waals surface area contributed by atoms with Gasteiger partial charge < -0.3 is 10.3 Å². The van der Waals surface area contributed by atoms with Gasteiger partial charge in [0.2, 0.25) is 5.69 Å². The molecule has 4 nitrogen and oxygen atoms in total. The van der Waals surface area contributed by atoms with E-state index >= 15 is 0 Å². The molecule has 1 rings (SSSR count). The van der Waals surface area contributed by atoms with Crippen molar-refractivity contribution in [1.82, 2.24) is 5.16 Å². The average Bonchev–Trinajstić information content (AvgIpc) is 2.30. The van der Waals surface area contributed by atoms with Gasteiger partial charge in [0.05, 0.1) is 6.54 Å². The highest BCUT2D eigenvalue weighted by Crippen LogP contribution is 2.18. The van der Waals surface area contributed by atoms with Gasteiger partial charge in [-0.2, -0.15) is 5.26 Å². The number of nitriles is 1. The third-order valence-electron chi connectivity index (χ3n) is 0.991. The minimum Gasteiger partial charge on any atom is -0.357 e. The monoisotopic (exact) mass is 157 g/mol. The summed E-state index contributed by atoms with van der Waals surface area (Å²) in [6.07, 6.45) is 0. The number of nitrogens with zero attached hydrogens (tertiary/aromatic N) is 2. The standard InChI is InChI=1S/C5H4ClN3O/c6-5-3(1-7)9-10-4(5)2-8/h2,8H2. The summed E-state index contributed by atoms with van der Waals surface area (Å²) in [5.74, 6) is 0.346. The van der Waals surface area contributed by atoms with Gasteiger partial charge in [-0.3, -0.25) is 0 Å². The molecule has 0 saturated carbocycles. The molecule has 0 spiro atoms. The smallest absolute Gasteiger partial charge is 0.202 e. The van der Waals surface area contributed by atoms with Crippen LogP contribution in [-0.2, 0) is 6.54 Å². The molecule has 1 aromatic heterocycles. The molecule has 0 unspecified atom stereocenters. The molecule has 0 fully saturated rings. The van der Waals surface area contributed by atoms with Crippen LogP contribution in [0.1, 0.15) is 11.5 Å². The van der Waals surface area contributed by atoms with Crippen molar-refractivity contribution in [1.29, 1.82) is 5.26 Å². The topological polar surface area (TPSA) is 75.8 Å². The van der Waals surface area contributed by atoms with E-state index in [0.717, 1.165) is 0 Å². The molecule has 1 aromatic rings. The van der Waals surface area contributed by atoms with Gasteiger partial charge in [0.1, 0.15) is 11.1 Å². The summed E-state index contributed by atoms with van der Waals surface area (Å²) in [4.78, 5) is 0. The fourth-order valence-corrected chi connectivity index (χ4v) is 0.698. The van der Waals surface area contributed by atoms with Gasteiger partial charge in [0.25, 0.3) is 0 Å². The first-order valence-corrected chi connectivity index (χ1v) is 2.91. The van der Waals surface area contributed by atoms with Gasteiger partial charge >= 0.3 is 0 Å². The normalized spacial score (nSPS) is 9.30. The first kappa shape index (κ1) is 7.06. The van der Waals surface area contributed by atoms with E-state index in [1.54, 1.807) is 6.07 Å². The Morgan fingerprint density at radius 1 is 1.80 bits per heavy atom. The maximum absolute atomic E-state index is 8.33. The molecule has 0 aliphatic heterocycles. The van der Waals surface area contributed by atoms with Crippen molar-refractivity contribution >= 4 is 11.6 Å². The zero-order chi connectivity index (χ0) is 7.56. The van der Waals surface area contributed by atoms with E-state index in [-0.39, 0.29) is 17.3 Å². The lowest BCUT2D eigenvalue weighted by Gasteiger charge is -1.83. The molecule has 0 aliphatic carbocycles. The Morgan fingerprint density at radius 3 is 2.80 bits per heavy atom. The molecule has 0 saturated heterocycles. The SMILES string of the molecule is N#Cc1noc(CN)c1Cl. The Morgan fingerprint density at radius 2 is 2.50 bits per heavy atom. The zero-order valence-corrected chi connectivity index (χ0v) is 5.72. The quantitative estimate of drug-likeness (QED) is 0.650. The average molecular weight is 158 g/mol. The largest absolute Gasteiger partial charge is 0.357 e. The van der Waals surface area contributed by atoms with Gasteiger partial charge in [0.15, 0.2) is 5.76 Å². The second kappa shape index (κ2) is 2.69. The van der Waals surface area contributed by atoms with Gasteiger partial charge in [-0.25, -0.2) is 0 Å². The molecule has 0 atom stereocenters. The van der Waals surface area contributed by atoms with Crippen LogP contribution in [0.25, 0.3) is 0 Å². The van der Waals surface area contributed by atoms with Crippen molar-refractivity contribution in [3.8, 4) is 6.07 Å². The molecule has 0 aliphatic rings. The van der Waals surface area contributed by atoms with Crippen LogP contribution in [0.5, 0.6) is 0 Å². The molecule has 0 radical (unpaired) electrons. The summed E-state index contributed by atoms with van der Waals surface area (Å²) >= 11 is 5.57. The van der Waals surface area contributed by atoms with Crippen molar-refractivity contribution in [3.05, 3.63) is 16.5 Å². The minimum absolute atomic E-state index is 0.0853. The van der Waals surface area contributed by atoms with Crippen LogP contribution in [0.2, 0.25) is 5.02 Å². The van der Waals surface area contributed by atoms with E-state index in [9.17, 15) is 0 Å². The third-order valence-corrected chi connectivity index (χ3v) is 1.38. The van der Waals surface area contributed by atoms with E-state index in [2.05, 4.69) is 9.68 Å². The Hall–Kier alpha value is -1.05. The Bertz CT molecular complexity index is 275. The molecular weight excluding hydrogens is 154 g/mol. The van der Waals surface area contributed by atoms with Crippen molar-refractivity contribution in [2.45, 2.75) is 6.54 Å². The fourth-order valence-electron chi connectivity index (χ4n) is 0.509. The van der Waals surface area contributed by atoms with E-state index in [1.807, 2.05) is 0 Å². The first-order chi connectivity index (χ1) is 4.79. The molecule has 0 amide bonds. The fraction of sp³-hybridized carbons (Fsp3) is 0.200. The first-order valence-electron chi connectivity index (χ1n) is 2.53. The maximum atomic E-state index is 8.33. The van der Waals surface area contributed by atoms with Crippen LogP contribution >= 0.6 is 11.6 Å². The highest BCUT2D eigenvalue weighted by atomic mass is 35.5. The third kappa shape index (κ3) is 0.967. The van der Waals surface area contributed by atoms with Gasteiger partial charge in [0, 0.05) is 0 Å². The van der Waals surface area contributed by atoms with Crippen LogP contribution in [0.4, 0.5) is 0 Å². The molecule has 2 N–H and O–H groups in total. The maximum Gasteiger partial charge on any atom is 0.202 e. The second-order valence-corrected chi connectivity index (χ2v) is 1.96. The molecule has 0 bridgehead atoms. The predicted molar refractivity (Wildman–Crippen MR) is 34.1 cm³/mol. The summed E-state index contributed by atoms with van der Waals surface area (Å²) < 4.78 is 4.61. The van der Waals surface area contributed by atoms with Crippen molar-refractivity contribution in [2.75, 3.05) is 0 Å². The van der Waals surface area contributed by atoms with Gasteiger partial charge in [-0.05, 0) is 0 Å². The molecule has 0 aromatic carbocycles. The molecule has 5 heteroatoms. The van der Waals surface area contributed by atoms with Crippen LogP contribution in [-0.4, -0.2) is 5.16 Å². The highest BCUT2D eigenvalue weighted by molar-refractivity contribution is 6.32. The summed E-state index contributed by atoms with van der Waals surface area (Å²) in [6.45, 7) is 0.160. The van der Waals surface area contributed by atoms with E-state index in [1.165, 1.54) is 0 Å². The van der Waals surface area contributed by atoms with Gasteiger partial charge in [-0.15, -0.1) is 0 Å². The zero-order valence-electron chi connectivity index (χ0n) is 4.97. The second-order valence-electron chi connectivity index (χ2n) is 1.58. The predicted octanol–water partition coefficient (Wildman–Crippen LogP) is 0.658. The molecular formula is C5H4ClN3O. The Kier molecular flexibility index (Phi) is 1.90. The lowest BCUT2D eigenvalue weighted by Crippen LogP contribution is -1.94. The number of aromatic nitrogens is 1. The lowest BCUT2D eigenvalue weighted by molar-refractivity contribution is 0.383. The van der Waals surface area contributed by atoms with Crippen LogP contribution in [0, 0.1) is 11.3 Å². The van der Waals surface area contributed by atoms with E-state index in [4.69, 9.17) is 22.6 Å². The van der Waals surface area contributed by atoms with Crippen molar-refractivity contribution in [2.24, 2.45) is 5.73 Å². The van der Waals surface area contributed by atoms with Crippen LogP contribution in [0.15, 0.2) is 4.52 Å². The lowest BCUT2D eigenvalue weighted by atomic mass is 10.4. The van der Waals surface area contributed by atoms with Crippen molar-refractivity contribution < 1.29 is 4.52 Å². The number of halogens is 1. The number of nitrogens with two attached hydrogens (primary N) is 1.